The number of piperazine rings is 1. The first-order chi connectivity index (χ1) is 14.8. The Kier molecular flexibility index (Phi) is 5.40. The van der Waals surface area contributed by atoms with Crippen LogP contribution in [0.15, 0.2) is 5.16 Å². The maximum atomic E-state index is 6.21. The van der Waals surface area contributed by atoms with Crippen LogP contribution in [0, 0.1) is 0 Å². The van der Waals surface area contributed by atoms with E-state index in [2.05, 4.69) is 50.8 Å². The van der Waals surface area contributed by atoms with Gasteiger partial charge >= 0.3 is 0 Å². The Labute approximate surface area is 192 Å². The Morgan fingerprint density at radius 3 is 2.48 bits per heavy atom. The van der Waals surface area contributed by atoms with Crippen LogP contribution in [0.3, 0.4) is 0 Å². The van der Waals surface area contributed by atoms with Gasteiger partial charge in [-0.3, -0.25) is 0 Å². The normalized spacial score (nSPS) is 19.5. The van der Waals surface area contributed by atoms with Crippen LogP contribution in [0.4, 0.5) is 5.82 Å². The fourth-order valence-electron chi connectivity index (χ4n) is 4.67. The first-order valence-corrected chi connectivity index (χ1v) is 13.1. The lowest BCUT2D eigenvalue weighted by atomic mass is 9.87. The number of aromatic nitrogens is 3. The van der Waals surface area contributed by atoms with Gasteiger partial charge in [0.25, 0.3) is 0 Å². The summed E-state index contributed by atoms with van der Waals surface area (Å²) in [7, 11) is 2.19. The van der Waals surface area contributed by atoms with Crippen LogP contribution < -0.4 is 4.90 Å². The number of nitrogens with zero attached hydrogens (tertiary/aromatic N) is 5. The van der Waals surface area contributed by atoms with Crippen LogP contribution in [-0.4, -0.2) is 64.9 Å². The van der Waals surface area contributed by atoms with Gasteiger partial charge in [0.05, 0.1) is 28.1 Å². The highest BCUT2D eigenvalue weighted by atomic mass is 32.2. The van der Waals surface area contributed by atoms with Crippen LogP contribution >= 0.6 is 23.1 Å². The number of hydrogen-bond donors (Lipinski definition) is 0. The summed E-state index contributed by atoms with van der Waals surface area (Å²) in [5, 5.41) is 2.07. The number of likely N-dealkylation sites (N-methyl/N-ethyl adjacent to an activating group) is 1. The number of anilines is 1. The molecule has 8 heteroatoms. The maximum Gasteiger partial charge on any atom is 0.189 e. The molecule has 2 aliphatic heterocycles. The molecular formula is C23H31N5OS2. The first-order valence-electron chi connectivity index (χ1n) is 11.0. The summed E-state index contributed by atoms with van der Waals surface area (Å²) in [4.78, 5) is 21.1. The highest BCUT2D eigenvalue weighted by molar-refractivity contribution is 7.98. The van der Waals surface area contributed by atoms with Gasteiger partial charge < -0.3 is 14.5 Å². The van der Waals surface area contributed by atoms with Crippen molar-refractivity contribution in [2.75, 3.05) is 44.4 Å². The fourth-order valence-corrected chi connectivity index (χ4v) is 6.20. The van der Waals surface area contributed by atoms with Gasteiger partial charge in [-0.15, -0.1) is 11.3 Å². The number of fused-ring (bicyclic) bond motifs is 5. The van der Waals surface area contributed by atoms with E-state index in [-0.39, 0.29) is 5.60 Å². The Bertz CT molecular complexity index is 1150. The third-order valence-corrected chi connectivity index (χ3v) is 8.03. The number of hydrogen-bond acceptors (Lipinski definition) is 8. The highest BCUT2D eigenvalue weighted by Gasteiger charge is 2.33. The Morgan fingerprint density at radius 1 is 1.06 bits per heavy atom. The molecule has 5 heterocycles. The quantitative estimate of drug-likeness (QED) is 0.418. The van der Waals surface area contributed by atoms with Gasteiger partial charge in [-0.1, -0.05) is 25.6 Å². The highest BCUT2D eigenvalue weighted by Crippen LogP contribution is 2.44. The zero-order chi connectivity index (χ0) is 21.9. The van der Waals surface area contributed by atoms with Gasteiger partial charge in [0.15, 0.2) is 11.0 Å². The molecule has 0 aromatic carbocycles. The molecule has 166 valence electrons. The van der Waals surface area contributed by atoms with Gasteiger partial charge in [-0.2, -0.15) is 0 Å². The van der Waals surface area contributed by atoms with Crippen LogP contribution in [0.5, 0.6) is 0 Å². The number of thioether (sulfide) groups is 1. The van der Waals surface area contributed by atoms with Crippen molar-refractivity contribution in [3.63, 3.8) is 0 Å². The number of pyridine rings is 1. The van der Waals surface area contributed by atoms with E-state index in [0.29, 0.717) is 12.5 Å². The molecule has 0 atom stereocenters. The second kappa shape index (κ2) is 7.83. The third-order valence-electron chi connectivity index (χ3n) is 6.42. The number of rotatable bonds is 3. The van der Waals surface area contributed by atoms with E-state index in [9.17, 15) is 0 Å². The van der Waals surface area contributed by atoms with Crippen molar-refractivity contribution in [1.82, 2.24) is 19.9 Å². The van der Waals surface area contributed by atoms with Gasteiger partial charge in [0.2, 0.25) is 0 Å². The topological polar surface area (TPSA) is 54.4 Å². The molecule has 0 spiro atoms. The number of thiophene rings is 1. The summed E-state index contributed by atoms with van der Waals surface area (Å²) >= 11 is 3.38. The smallest absolute Gasteiger partial charge is 0.189 e. The van der Waals surface area contributed by atoms with Crippen molar-refractivity contribution in [2.24, 2.45) is 0 Å². The second-order valence-corrected chi connectivity index (χ2v) is 11.4. The minimum Gasteiger partial charge on any atom is -0.370 e. The first kappa shape index (κ1) is 21.4. The molecule has 1 saturated heterocycles. The summed E-state index contributed by atoms with van der Waals surface area (Å²) < 4.78 is 7.39. The van der Waals surface area contributed by atoms with E-state index in [1.165, 1.54) is 26.9 Å². The molecule has 1 fully saturated rings. The largest absolute Gasteiger partial charge is 0.370 e. The average molecular weight is 458 g/mol. The van der Waals surface area contributed by atoms with Crippen LogP contribution in [0.2, 0.25) is 0 Å². The maximum absolute atomic E-state index is 6.21. The van der Waals surface area contributed by atoms with E-state index in [1.54, 1.807) is 23.1 Å². The zero-order valence-electron chi connectivity index (χ0n) is 19.3. The van der Waals surface area contributed by atoms with Crippen molar-refractivity contribution in [3.8, 4) is 0 Å². The van der Waals surface area contributed by atoms with Crippen molar-refractivity contribution in [1.29, 1.82) is 0 Å². The molecule has 31 heavy (non-hydrogen) atoms. The summed E-state index contributed by atoms with van der Waals surface area (Å²) in [6, 6.07) is 0. The molecule has 0 bridgehead atoms. The van der Waals surface area contributed by atoms with Gasteiger partial charge in [-0.05, 0) is 38.6 Å². The summed E-state index contributed by atoms with van der Waals surface area (Å²) in [6.45, 7) is 13.5. The molecule has 3 aromatic rings. The predicted octanol–water partition coefficient (Wildman–Crippen LogP) is 4.69. The minimum absolute atomic E-state index is 0.181. The lowest BCUT2D eigenvalue weighted by Crippen LogP contribution is -2.44. The number of ether oxygens (including phenoxy) is 1. The summed E-state index contributed by atoms with van der Waals surface area (Å²) in [5.74, 6) is 1.44. The summed E-state index contributed by atoms with van der Waals surface area (Å²) in [6.07, 6.45) is 2.94. The van der Waals surface area contributed by atoms with E-state index in [1.807, 2.05) is 0 Å². The van der Waals surface area contributed by atoms with E-state index in [4.69, 9.17) is 19.7 Å². The van der Waals surface area contributed by atoms with Crippen LogP contribution in [0.25, 0.3) is 20.4 Å². The fraction of sp³-hybridized carbons (Fsp3) is 0.609. The van der Waals surface area contributed by atoms with Crippen molar-refractivity contribution >= 4 is 49.3 Å². The second-order valence-electron chi connectivity index (χ2n) is 9.62. The van der Waals surface area contributed by atoms with Crippen LogP contribution in [0.1, 0.15) is 50.4 Å². The van der Waals surface area contributed by atoms with Crippen molar-refractivity contribution < 1.29 is 4.74 Å². The summed E-state index contributed by atoms with van der Waals surface area (Å²) in [5.41, 5.74) is 4.71. The molecule has 0 unspecified atom stereocenters. The molecule has 0 radical (unpaired) electrons. The Hall–Kier alpha value is -1.48. The van der Waals surface area contributed by atoms with E-state index in [0.717, 1.165) is 53.9 Å². The Morgan fingerprint density at radius 2 is 1.81 bits per heavy atom. The minimum atomic E-state index is -0.181. The molecular weight excluding hydrogens is 426 g/mol. The lowest BCUT2D eigenvalue weighted by molar-refractivity contribution is -0.0402. The third kappa shape index (κ3) is 3.71. The molecule has 5 rings (SSSR count). The van der Waals surface area contributed by atoms with Gasteiger partial charge in [0.1, 0.15) is 4.83 Å². The van der Waals surface area contributed by atoms with Crippen molar-refractivity contribution in [2.45, 2.75) is 57.4 Å². The molecule has 6 nitrogen and oxygen atoms in total. The average Bonchev–Trinajstić information content (AvgIpc) is 3.11. The zero-order valence-corrected chi connectivity index (χ0v) is 20.9. The molecule has 2 aliphatic rings. The molecule has 0 aliphatic carbocycles. The monoisotopic (exact) mass is 457 g/mol. The molecule has 0 amide bonds. The predicted molar refractivity (Wildman–Crippen MR) is 131 cm³/mol. The van der Waals surface area contributed by atoms with E-state index >= 15 is 0 Å². The van der Waals surface area contributed by atoms with Crippen molar-refractivity contribution in [3.05, 3.63) is 16.8 Å². The Balaban J connectivity index is 1.80. The standard InChI is InChI=1S/C23H31N5OS2/c1-13(2)17-15-12-29-23(3,4)11-14(15)16-18-19(31-21(16)24-17)20(26-22(25-18)30-6)28-9-7-27(5)8-10-28/h13H,7-12H2,1-6H3. The SMILES string of the molecule is CSc1nc(N2CCN(C)CC2)c2sc3nc(C(C)C)c4c(c3c2n1)CC(C)(C)OC4. The van der Waals surface area contributed by atoms with E-state index < -0.39 is 0 Å². The lowest BCUT2D eigenvalue weighted by Gasteiger charge is -2.34. The molecule has 0 N–H and O–H groups in total. The van der Waals surface area contributed by atoms with Crippen LogP contribution in [-0.2, 0) is 17.8 Å². The molecule has 3 aromatic heterocycles. The van der Waals surface area contributed by atoms with Gasteiger partial charge in [0, 0.05) is 43.5 Å². The van der Waals surface area contributed by atoms with Gasteiger partial charge in [-0.25, -0.2) is 15.0 Å². The molecule has 0 saturated carbocycles.